The van der Waals surface area contributed by atoms with E-state index >= 15 is 0 Å². The Hall–Kier alpha value is -0.0800. The van der Waals surface area contributed by atoms with E-state index in [1.54, 1.807) is 0 Å². The number of hydrogen-bond acceptors (Lipinski definition) is 2. The molecule has 1 aromatic carbocycles. The Kier molecular flexibility index (Phi) is 6.26. The first-order chi connectivity index (χ1) is 7.27. The van der Waals surface area contributed by atoms with Crippen LogP contribution in [0.25, 0.3) is 0 Å². The topological polar surface area (TPSA) is 0 Å². The van der Waals surface area contributed by atoms with Crippen LogP contribution in [-0.2, 0) is 0 Å². The van der Waals surface area contributed by atoms with Crippen LogP contribution in [-0.4, -0.2) is 11.5 Å². The van der Waals surface area contributed by atoms with Gasteiger partial charge in [-0.15, -0.1) is 11.8 Å². The summed E-state index contributed by atoms with van der Waals surface area (Å²) < 4.78 is 0. The van der Waals surface area contributed by atoms with Gasteiger partial charge in [0, 0.05) is 4.90 Å². The molecule has 0 radical (unpaired) electrons. The monoisotopic (exact) mass is 240 g/mol. The number of thiol groups is 1. The van der Waals surface area contributed by atoms with Crippen LogP contribution in [0.2, 0.25) is 0 Å². The van der Waals surface area contributed by atoms with E-state index in [-0.39, 0.29) is 0 Å². The Bertz CT molecular complexity index is 266. The molecule has 0 fully saturated rings. The fourth-order valence-corrected chi connectivity index (χ4v) is 2.63. The lowest BCUT2D eigenvalue weighted by Crippen LogP contribution is -1.93. The van der Waals surface area contributed by atoms with Crippen molar-refractivity contribution in [2.75, 3.05) is 11.5 Å². The Labute approximate surface area is 103 Å². The molecule has 84 valence electrons. The Morgan fingerprint density at radius 2 is 1.93 bits per heavy atom. The van der Waals surface area contributed by atoms with Crippen LogP contribution >= 0.6 is 24.4 Å². The van der Waals surface area contributed by atoms with Crippen molar-refractivity contribution in [2.45, 2.75) is 37.5 Å². The molecule has 0 aliphatic rings. The zero-order valence-corrected chi connectivity index (χ0v) is 11.3. The summed E-state index contributed by atoms with van der Waals surface area (Å²) in [6.45, 7) is 4.49. The summed E-state index contributed by atoms with van der Waals surface area (Å²) in [5.74, 6) is 2.81. The number of rotatable bonds is 6. The van der Waals surface area contributed by atoms with E-state index in [1.165, 1.54) is 22.6 Å². The van der Waals surface area contributed by atoms with Gasteiger partial charge in [-0.05, 0) is 48.0 Å². The molecular weight excluding hydrogens is 220 g/mol. The van der Waals surface area contributed by atoms with Crippen LogP contribution in [0, 0.1) is 0 Å². The first kappa shape index (κ1) is 13.0. The van der Waals surface area contributed by atoms with Gasteiger partial charge in [-0.25, -0.2) is 0 Å². The van der Waals surface area contributed by atoms with Crippen LogP contribution in [0.4, 0.5) is 0 Å². The lowest BCUT2D eigenvalue weighted by atomic mass is 9.99. The van der Waals surface area contributed by atoms with Crippen LogP contribution in [0.5, 0.6) is 0 Å². The van der Waals surface area contributed by atoms with Crippen LogP contribution in [0.1, 0.15) is 38.2 Å². The van der Waals surface area contributed by atoms with Crippen molar-refractivity contribution in [3.63, 3.8) is 0 Å². The fraction of sp³-hybridized carbons (Fsp3) is 0.538. The van der Waals surface area contributed by atoms with Crippen molar-refractivity contribution in [1.29, 1.82) is 0 Å². The molecule has 0 bridgehead atoms. The average molecular weight is 240 g/mol. The predicted octanol–water partition coefficient (Wildman–Crippen LogP) is 4.61. The summed E-state index contributed by atoms with van der Waals surface area (Å²) >= 11 is 6.21. The molecule has 0 amide bonds. The molecule has 0 saturated carbocycles. The van der Waals surface area contributed by atoms with Gasteiger partial charge in [-0.3, -0.25) is 0 Å². The molecule has 0 heterocycles. The molecule has 1 rings (SSSR count). The van der Waals surface area contributed by atoms with Crippen LogP contribution in [0.15, 0.2) is 29.2 Å². The van der Waals surface area contributed by atoms with Crippen LogP contribution < -0.4 is 0 Å². The molecule has 1 atom stereocenters. The smallest absolute Gasteiger partial charge is 0.00721 e. The lowest BCUT2D eigenvalue weighted by Gasteiger charge is -2.10. The molecule has 1 aromatic rings. The summed E-state index contributed by atoms with van der Waals surface area (Å²) in [5.41, 5.74) is 1.44. The molecule has 1 unspecified atom stereocenters. The first-order valence-corrected chi connectivity index (χ1v) is 7.23. The molecule has 0 aliphatic heterocycles. The predicted molar refractivity (Wildman–Crippen MR) is 74.3 cm³/mol. The third-order valence-corrected chi connectivity index (χ3v) is 3.96. The molecule has 0 saturated heterocycles. The van der Waals surface area contributed by atoms with Gasteiger partial charge < -0.3 is 0 Å². The van der Waals surface area contributed by atoms with Crippen LogP contribution in [0.3, 0.4) is 0 Å². The molecule has 0 aromatic heterocycles. The largest absolute Gasteiger partial charge is 0.179 e. The minimum absolute atomic E-state index is 0.632. The van der Waals surface area contributed by atoms with Gasteiger partial charge in [0.15, 0.2) is 0 Å². The van der Waals surface area contributed by atoms with Crippen molar-refractivity contribution >= 4 is 24.4 Å². The summed E-state index contributed by atoms with van der Waals surface area (Å²) in [6, 6.07) is 8.99. The second-order valence-electron chi connectivity index (χ2n) is 3.83. The zero-order valence-electron chi connectivity index (χ0n) is 9.57. The third kappa shape index (κ3) is 4.52. The molecule has 0 N–H and O–H groups in total. The number of thioether (sulfide) groups is 1. The fourth-order valence-electron chi connectivity index (χ4n) is 1.47. The van der Waals surface area contributed by atoms with Crippen molar-refractivity contribution in [3.8, 4) is 0 Å². The van der Waals surface area contributed by atoms with Crippen molar-refractivity contribution in [3.05, 3.63) is 29.8 Å². The van der Waals surface area contributed by atoms with Gasteiger partial charge in [0.2, 0.25) is 0 Å². The molecule has 0 nitrogen and oxygen atoms in total. The molecule has 15 heavy (non-hydrogen) atoms. The van der Waals surface area contributed by atoms with Gasteiger partial charge in [-0.2, -0.15) is 12.6 Å². The van der Waals surface area contributed by atoms with Crippen molar-refractivity contribution in [2.24, 2.45) is 0 Å². The summed E-state index contributed by atoms with van der Waals surface area (Å²) in [4.78, 5) is 1.39. The van der Waals surface area contributed by atoms with Crippen molar-refractivity contribution < 1.29 is 0 Å². The summed E-state index contributed by atoms with van der Waals surface area (Å²) in [5, 5.41) is 0. The van der Waals surface area contributed by atoms with Gasteiger partial charge in [-0.1, -0.05) is 26.0 Å². The Morgan fingerprint density at radius 3 is 2.47 bits per heavy atom. The Morgan fingerprint density at radius 1 is 1.27 bits per heavy atom. The highest BCUT2D eigenvalue weighted by atomic mass is 32.2. The second-order valence-corrected chi connectivity index (χ2v) is 5.45. The minimum atomic E-state index is 0.632. The number of hydrogen-bond donors (Lipinski definition) is 1. The van der Waals surface area contributed by atoms with Gasteiger partial charge in [0.05, 0.1) is 0 Å². The standard InChI is InChI=1S/C13H20S2/c1-3-10-15-13-6-4-12(5-7-13)11(2)8-9-14/h4-7,11,14H,3,8-10H2,1-2H3. The summed E-state index contributed by atoms with van der Waals surface area (Å²) in [6.07, 6.45) is 2.40. The van der Waals surface area contributed by atoms with E-state index in [0.717, 1.165) is 12.2 Å². The normalized spacial score (nSPS) is 12.7. The number of benzene rings is 1. The van der Waals surface area contributed by atoms with Crippen molar-refractivity contribution in [1.82, 2.24) is 0 Å². The van der Waals surface area contributed by atoms with E-state index in [2.05, 4.69) is 50.7 Å². The highest BCUT2D eigenvalue weighted by Crippen LogP contribution is 2.24. The maximum atomic E-state index is 4.27. The molecule has 0 aliphatic carbocycles. The zero-order chi connectivity index (χ0) is 11.1. The second kappa shape index (κ2) is 7.24. The van der Waals surface area contributed by atoms with E-state index in [1.807, 2.05) is 11.8 Å². The van der Waals surface area contributed by atoms with E-state index in [9.17, 15) is 0 Å². The maximum absolute atomic E-state index is 4.27. The highest BCUT2D eigenvalue weighted by molar-refractivity contribution is 7.99. The van der Waals surface area contributed by atoms with E-state index in [0.29, 0.717) is 5.92 Å². The SMILES string of the molecule is CCCSc1ccc(C(C)CCS)cc1. The molecule has 2 heteroatoms. The first-order valence-electron chi connectivity index (χ1n) is 5.61. The molecular formula is C13H20S2. The lowest BCUT2D eigenvalue weighted by molar-refractivity contribution is 0.741. The van der Waals surface area contributed by atoms with Gasteiger partial charge >= 0.3 is 0 Å². The summed E-state index contributed by atoms with van der Waals surface area (Å²) in [7, 11) is 0. The maximum Gasteiger partial charge on any atom is 0.00721 e. The Balaban J connectivity index is 2.55. The van der Waals surface area contributed by atoms with Gasteiger partial charge in [0.25, 0.3) is 0 Å². The third-order valence-electron chi connectivity index (χ3n) is 2.48. The average Bonchev–Trinajstić information content (AvgIpc) is 2.27. The quantitative estimate of drug-likeness (QED) is 0.559. The highest BCUT2D eigenvalue weighted by Gasteiger charge is 2.03. The van der Waals surface area contributed by atoms with E-state index < -0.39 is 0 Å². The van der Waals surface area contributed by atoms with E-state index in [4.69, 9.17) is 0 Å². The molecule has 0 spiro atoms. The minimum Gasteiger partial charge on any atom is -0.179 e. The van der Waals surface area contributed by atoms with Gasteiger partial charge in [0.1, 0.15) is 0 Å².